The van der Waals surface area contributed by atoms with Crippen molar-refractivity contribution >= 4 is 10.9 Å². The van der Waals surface area contributed by atoms with Crippen LogP contribution in [0.25, 0.3) is 10.9 Å². The average Bonchev–Trinajstić information content (AvgIpc) is 2.78. The molecule has 0 aliphatic heterocycles. The Morgan fingerprint density at radius 3 is 2.19 bits per heavy atom. The van der Waals surface area contributed by atoms with E-state index in [9.17, 15) is 4.79 Å². The molecule has 0 fully saturated rings. The first-order valence-electron chi connectivity index (χ1n) is 11.0. The Morgan fingerprint density at radius 1 is 1.00 bits per heavy atom. The van der Waals surface area contributed by atoms with Gasteiger partial charge in [-0.3, -0.25) is 4.79 Å². The number of nitrogens with two attached hydrogens (primary N) is 1. The number of hydrogen-bond donors (Lipinski definition) is 2. The van der Waals surface area contributed by atoms with Crippen molar-refractivity contribution in [2.75, 3.05) is 14.2 Å². The first-order chi connectivity index (χ1) is 14.9. The summed E-state index contributed by atoms with van der Waals surface area (Å²) in [5, 5.41) is 2.73. The Balaban J connectivity index is 1.84. The highest BCUT2D eigenvalue weighted by Crippen LogP contribution is 2.30. The van der Waals surface area contributed by atoms with Crippen molar-refractivity contribution in [2.24, 2.45) is 5.92 Å². The maximum absolute atomic E-state index is 12.6. The van der Waals surface area contributed by atoms with Gasteiger partial charge in [-0.15, -0.1) is 0 Å². The van der Waals surface area contributed by atoms with Gasteiger partial charge in [0.1, 0.15) is 12.6 Å². The molecule has 166 valence electrons. The van der Waals surface area contributed by atoms with Gasteiger partial charge in [0, 0.05) is 17.5 Å². The number of methoxy groups -OCH3 is 2. The number of fused-ring (bicyclic) bond motifs is 1. The van der Waals surface area contributed by atoms with Crippen LogP contribution in [0.4, 0.5) is 0 Å². The molecule has 0 spiro atoms. The van der Waals surface area contributed by atoms with Gasteiger partial charge < -0.3 is 19.8 Å². The lowest BCUT2D eigenvalue weighted by Gasteiger charge is -2.20. The van der Waals surface area contributed by atoms with Gasteiger partial charge in [0.05, 0.1) is 25.1 Å². The highest BCUT2D eigenvalue weighted by atomic mass is 16.5. The minimum absolute atomic E-state index is 0.173. The molecular weight excluding hydrogens is 390 g/mol. The molecule has 0 amide bonds. The third kappa shape index (κ3) is 5.07. The van der Waals surface area contributed by atoms with Gasteiger partial charge in [-0.1, -0.05) is 52.0 Å². The Kier molecular flexibility index (Phi) is 7.33. The van der Waals surface area contributed by atoms with Crippen molar-refractivity contribution in [1.82, 2.24) is 9.97 Å². The highest BCUT2D eigenvalue weighted by molar-refractivity contribution is 5.81. The highest BCUT2D eigenvalue weighted by Gasteiger charge is 2.20. The Hall–Kier alpha value is -2.86. The number of nitrogens with zero attached hydrogens (tertiary/aromatic N) is 1. The number of H-pyrrole nitrogens is 1. The zero-order valence-corrected chi connectivity index (χ0v) is 19.4. The number of hydrogen-bond acceptors (Lipinski definition) is 4. The van der Waals surface area contributed by atoms with Crippen LogP contribution in [0.15, 0.2) is 41.2 Å². The molecule has 0 aliphatic carbocycles. The van der Waals surface area contributed by atoms with E-state index in [1.54, 1.807) is 26.4 Å². The Bertz CT molecular complexity index is 1070. The predicted molar refractivity (Wildman–Crippen MR) is 124 cm³/mol. The lowest BCUT2D eigenvalue weighted by Crippen LogP contribution is -2.85. The predicted octanol–water partition coefficient (Wildman–Crippen LogP) is 3.91. The van der Waals surface area contributed by atoms with Crippen LogP contribution in [-0.4, -0.2) is 24.2 Å². The molecule has 3 aromatic rings. The van der Waals surface area contributed by atoms with E-state index in [1.165, 1.54) is 11.1 Å². The summed E-state index contributed by atoms with van der Waals surface area (Å²) in [7, 11) is 3.13. The SMILES string of the molecule is CC[C@H](C)c1ccc([C@H]([NH2+]Cc2nc3cc(OC)c(OC)cc3c(=O)[nH]2)C(C)C)cc1. The minimum atomic E-state index is -0.173. The van der Waals surface area contributed by atoms with E-state index in [-0.39, 0.29) is 11.6 Å². The molecule has 2 aromatic carbocycles. The number of nitrogens with one attached hydrogen (secondary N) is 1. The van der Waals surface area contributed by atoms with Crippen LogP contribution >= 0.6 is 0 Å². The second-order valence-corrected chi connectivity index (χ2v) is 8.42. The summed E-state index contributed by atoms with van der Waals surface area (Å²) in [5.41, 5.74) is 3.09. The largest absolute Gasteiger partial charge is 0.493 e. The molecule has 0 unspecified atom stereocenters. The van der Waals surface area contributed by atoms with Crippen molar-refractivity contribution in [1.29, 1.82) is 0 Å². The molecule has 0 aliphatic rings. The molecule has 3 N–H and O–H groups in total. The zero-order chi connectivity index (χ0) is 22.5. The maximum Gasteiger partial charge on any atom is 0.259 e. The summed E-state index contributed by atoms with van der Waals surface area (Å²) in [6.07, 6.45) is 1.14. The summed E-state index contributed by atoms with van der Waals surface area (Å²) in [4.78, 5) is 20.2. The molecule has 31 heavy (non-hydrogen) atoms. The van der Waals surface area contributed by atoms with Gasteiger partial charge in [0.15, 0.2) is 17.3 Å². The monoisotopic (exact) mass is 424 g/mol. The molecule has 0 radical (unpaired) electrons. The van der Waals surface area contributed by atoms with Crippen molar-refractivity contribution in [3.8, 4) is 11.5 Å². The fourth-order valence-electron chi connectivity index (χ4n) is 3.93. The summed E-state index contributed by atoms with van der Waals surface area (Å²) in [6, 6.07) is 12.6. The van der Waals surface area contributed by atoms with Gasteiger partial charge >= 0.3 is 0 Å². The van der Waals surface area contributed by atoms with Crippen LogP contribution in [0.2, 0.25) is 0 Å². The van der Waals surface area contributed by atoms with Gasteiger partial charge in [-0.05, 0) is 24.0 Å². The van der Waals surface area contributed by atoms with E-state index >= 15 is 0 Å². The van der Waals surface area contributed by atoms with Crippen LogP contribution in [-0.2, 0) is 6.54 Å². The molecule has 1 heterocycles. The molecule has 6 heteroatoms. The molecule has 3 rings (SSSR count). The van der Waals surface area contributed by atoms with Crippen molar-refractivity contribution in [3.05, 3.63) is 63.7 Å². The van der Waals surface area contributed by atoms with E-state index in [0.29, 0.717) is 46.6 Å². The Labute approximate surface area is 184 Å². The molecule has 0 saturated carbocycles. The van der Waals surface area contributed by atoms with Crippen molar-refractivity contribution in [3.63, 3.8) is 0 Å². The standard InChI is InChI=1S/C25H33N3O3/c1-7-16(4)17-8-10-18(11-9-17)24(15(2)3)26-14-23-27-20-13-22(31-6)21(30-5)12-19(20)25(29)28-23/h8-13,15-16,24,26H,7,14H2,1-6H3,(H,27,28,29)/p+1/t16-,24+/m0/s1. The summed E-state index contributed by atoms with van der Waals surface area (Å²) in [6.45, 7) is 9.49. The van der Waals surface area contributed by atoms with E-state index in [1.807, 2.05) is 0 Å². The lowest BCUT2D eigenvalue weighted by atomic mass is 9.92. The number of aromatic amines is 1. The van der Waals surface area contributed by atoms with E-state index in [2.05, 4.69) is 67.2 Å². The smallest absolute Gasteiger partial charge is 0.259 e. The molecule has 0 bridgehead atoms. The molecule has 2 atom stereocenters. The third-order valence-electron chi connectivity index (χ3n) is 6.05. The second kappa shape index (κ2) is 9.96. The van der Waals surface area contributed by atoms with Crippen LogP contribution in [0.3, 0.4) is 0 Å². The van der Waals surface area contributed by atoms with Crippen LogP contribution in [0.5, 0.6) is 11.5 Å². The molecule has 6 nitrogen and oxygen atoms in total. The normalized spacial score (nSPS) is 13.4. The van der Waals surface area contributed by atoms with E-state index in [4.69, 9.17) is 9.47 Å². The quantitative estimate of drug-likeness (QED) is 0.546. The van der Waals surface area contributed by atoms with Gasteiger partial charge in [-0.25, -0.2) is 4.98 Å². The minimum Gasteiger partial charge on any atom is -0.493 e. The fourth-order valence-corrected chi connectivity index (χ4v) is 3.93. The topological polar surface area (TPSA) is 80.8 Å². The second-order valence-electron chi connectivity index (χ2n) is 8.42. The molecule has 1 aromatic heterocycles. The summed E-state index contributed by atoms with van der Waals surface area (Å²) < 4.78 is 10.7. The number of quaternary nitrogens is 1. The Morgan fingerprint density at radius 2 is 1.61 bits per heavy atom. The van der Waals surface area contributed by atoms with Crippen LogP contribution in [0, 0.1) is 5.92 Å². The van der Waals surface area contributed by atoms with Crippen molar-refractivity contribution in [2.45, 2.75) is 52.6 Å². The maximum atomic E-state index is 12.6. The van der Waals surface area contributed by atoms with Crippen molar-refractivity contribution < 1.29 is 14.8 Å². The lowest BCUT2D eigenvalue weighted by molar-refractivity contribution is -0.718. The van der Waals surface area contributed by atoms with Gasteiger partial charge in [0.25, 0.3) is 5.56 Å². The van der Waals surface area contributed by atoms with Gasteiger partial charge in [-0.2, -0.15) is 0 Å². The van der Waals surface area contributed by atoms with Gasteiger partial charge in [0.2, 0.25) is 0 Å². The molecular formula is C25H34N3O3+. The number of benzene rings is 2. The number of ether oxygens (including phenoxy) is 2. The average molecular weight is 425 g/mol. The molecule has 0 saturated heterocycles. The fraction of sp³-hybridized carbons (Fsp3) is 0.440. The van der Waals surface area contributed by atoms with Crippen LogP contribution in [0.1, 0.15) is 63.0 Å². The first kappa shape index (κ1) is 22.8. The number of aromatic nitrogens is 2. The summed E-state index contributed by atoms with van der Waals surface area (Å²) in [5.74, 6) is 2.72. The zero-order valence-electron chi connectivity index (χ0n) is 19.4. The van der Waals surface area contributed by atoms with E-state index in [0.717, 1.165) is 6.42 Å². The summed E-state index contributed by atoms with van der Waals surface area (Å²) >= 11 is 0. The third-order valence-corrected chi connectivity index (χ3v) is 6.05. The van der Waals surface area contributed by atoms with E-state index < -0.39 is 0 Å². The van der Waals surface area contributed by atoms with Crippen LogP contribution < -0.4 is 20.3 Å². The first-order valence-corrected chi connectivity index (χ1v) is 11.0. The number of rotatable bonds is 9.